The molecule has 2 aromatic rings. The van der Waals surface area contributed by atoms with E-state index in [4.69, 9.17) is 4.74 Å². The summed E-state index contributed by atoms with van der Waals surface area (Å²) in [5.74, 6) is -0.698. The van der Waals surface area contributed by atoms with Crippen LogP contribution in [0.4, 0.5) is 5.69 Å². The molecule has 0 bridgehead atoms. The first kappa shape index (κ1) is 16.6. The predicted octanol–water partition coefficient (Wildman–Crippen LogP) is 1.63. The number of para-hydroxylation sites is 1. The number of amides is 2. The number of aliphatic hydroxyl groups is 1. The fourth-order valence-electron chi connectivity index (χ4n) is 2.53. The van der Waals surface area contributed by atoms with E-state index in [2.05, 4.69) is 0 Å². The number of non-ortho nitro benzene ring substituents is 1. The Bertz CT molecular complexity index is 836. The fourth-order valence-corrected chi connectivity index (χ4v) is 2.53. The van der Waals surface area contributed by atoms with Crippen molar-refractivity contribution >= 4 is 17.5 Å². The normalized spacial score (nSPS) is 14.4. The van der Waals surface area contributed by atoms with Crippen molar-refractivity contribution in [3.05, 3.63) is 69.8 Å². The topological polar surface area (TPSA) is 110 Å². The number of imide groups is 1. The number of carbonyl (C=O) groups excluding carboxylic acids is 2. The Hall–Kier alpha value is -3.26. The highest BCUT2D eigenvalue weighted by Crippen LogP contribution is 2.26. The molecule has 25 heavy (non-hydrogen) atoms. The van der Waals surface area contributed by atoms with Crippen LogP contribution in [0.2, 0.25) is 0 Å². The molecule has 1 heterocycles. The number of hydrogen-bond acceptors (Lipinski definition) is 6. The van der Waals surface area contributed by atoms with Crippen LogP contribution in [0.1, 0.15) is 20.7 Å². The van der Waals surface area contributed by atoms with Crippen molar-refractivity contribution in [3.8, 4) is 5.75 Å². The molecule has 0 aromatic heterocycles. The quantitative estimate of drug-likeness (QED) is 0.485. The summed E-state index contributed by atoms with van der Waals surface area (Å²) in [6, 6.07) is 12.3. The summed E-state index contributed by atoms with van der Waals surface area (Å²) in [6.45, 7) is -0.357. The molecule has 1 aliphatic heterocycles. The van der Waals surface area contributed by atoms with Gasteiger partial charge < -0.3 is 9.84 Å². The second-order valence-electron chi connectivity index (χ2n) is 5.49. The largest absolute Gasteiger partial charge is 0.491 e. The molecule has 0 spiro atoms. The van der Waals surface area contributed by atoms with Crippen molar-refractivity contribution < 1.29 is 24.4 Å². The Morgan fingerprint density at radius 1 is 1.08 bits per heavy atom. The molecule has 3 rings (SSSR count). The maximum atomic E-state index is 12.3. The zero-order chi connectivity index (χ0) is 18.0. The molecule has 128 valence electrons. The van der Waals surface area contributed by atoms with Crippen LogP contribution in [0.25, 0.3) is 0 Å². The van der Waals surface area contributed by atoms with Gasteiger partial charge in [0.1, 0.15) is 18.5 Å². The molecule has 0 saturated carbocycles. The Labute approximate surface area is 142 Å². The van der Waals surface area contributed by atoms with Gasteiger partial charge in [-0.1, -0.05) is 18.2 Å². The number of rotatable bonds is 6. The number of nitro groups is 1. The standard InChI is InChI=1S/C17H14N2O6/c20-12(10-25-13-4-2-1-3-5-13)9-18-16(21)14-7-6-11(19(23)24)8-15(14)17(18)22/h1-8,12,20H,9-10H2/t12-/m1/s1. The zero-order valence-corrected chi connectivity index (χ0v) is 13.0. The zero-order valence-electron chi connectivity index (χ0n) is 13.0. The van der Waals surface area contributed by atoms with Gasteiger partial charge in [0.05, 0.1) is 22.6 Å². The summed E-state index contributed by atoms with van der Waals surface area (Å²) in [5, 5.41) is 20.9. The lowest BCUT2D eigenvalue weighted by Crippen LogP contribution is -2.39. The van der Waals surface area contributed by atoms with Crippen LogP contribution in [0.5, 0.6) is 5.75 Å². The van der Waals surface area contributed by atoms with E-state index in [-0.39, 0.29) is 30.0 Å². The average Bonchev–Trinajstić information content (AvgIpc) is 2.85. The summed E-state index contributed by atoms with van der Waals surface area (Å²) in [5.41, 5.74) is -0.211. The minimum atomic E-state index is -1.09. The molecular formula is C17H14N2O6. The molecule has 0 saturated heterocycles. The summed E-state index contributed by atoms with van der Waals surface area (Å²) in [7, 11) is 0. The first-order valence-corrected chi connectivity index (χ1v) is 7.48. The molecule has 8 heteroatoms. The van der Waals surface area contributed by atoms with Crippen LogP contribution >= 0.6 is 0 Å². The van der Waals surface area contributed by atoms with Gasteiger partial charge in [0.25, 0.3) is 17.5 Å². The lowest BCUT2D eigenvalue weighted by Gasteiger charge is -2.18. The average molecular weight is 342 g/mol. The first-order chi connectivity index (χ1) is 12.0. The lowest BCUT2D eigenvalue weighted by molar-refractivity contribution is -0.384. The van der Waals surface area contributed by atoms with Gasteiger partial charge in [-0.2, -0.15) is 0 Å². The van der Waals surface area contributed by atoms with E-state index in [0.717, 1.165) is 11.0 Å². The van der Waals surface area contributed by atoms with Gasteiger partial charge in [-0.15, -0.1) is 0 Å². The number of fused-ring (bicyclic) bond motifs is 1. The highest BCUT2D eigenvalue weighted by molar-refractivity contribution is 6.21. The second kappa shape index (κ2) is 6.70. The Morgan fingerprint density at radius 3 is 2.44 bits per heavy atom. The smallest absolute Gasteiger partial charge is 0.270 e. The fraction of sp³-hybridized carbons (Fsp3) is 0.176. The van der Waals surface area contributed by atoms with Crippen molar-refractivity contribution in [1.82, 2.24) is 4.90 Å². The Morgan fingerprint density at radius 2 is 1.76 bits per heavy atom. The molecule has 0 aliphatic carbocycles. The van der Waals surface area contributed by atoms with Crippen LogP contribution in [0.15, 0.2) is 48.5 Å². The maximum Gasteiger partial charge on any atom is 0.270 e. The molecule has 0 radical (unpaired) electrons. The van der Waals surface area contributed by atoms with E-state index in [1.165, 1.54) is 12.1 Å². The molecule has 2 amide bonds. The van der Waals surface area contributed by atoms with Crippen LogP contribution in [0, 0.1) is 10.1 Å². The first-order valence-electron chi connectivity index (χ1n) is 7.48. The number of nitro benzene ring substituents is 1. The summed E-state index contributed by atoms with van der Waals surface area (Å²) in [6.07, 6.45) is -1.09. The van der Waals surface area contributed by atoms with Crippen molar-refractivity contribution in [2.45, 2.75) is 6.10 Å². The summed E-state index contributed by atoms with van der Waals surface area (Å²) >= 11 is 0. The van der Waals surface area contributed by atoms with Gasteiger partial charge in [0, 0.05) is 12.1 Å². The highest BCUT2D eigenvalue weighted by atomic mass is 16.6. The number of hydrogen-bond donors (Lipinski definition) is 1. The van der Waals surface area contributed by atoms with E-state index in [9.17, 15) is 24.8 Å². The van der Waals surface area contributed by atoms with Gasteiger partial charge in [-0.3, -0.25) is 24.6 Å². The van der Waals surface area contributed by atoms with Gasteiger partial charge in [-0.05, 0) is 18.2 Å². The Balaban J connectivity index is 1.68. The van der Waals surface area contributed by atoms with Crippen LogP contribution < -0.4 is 4.74 Å². The number of aliphatic hydroxyl groups excluding tert-OH is 1. The number of carbonyl (C=O) groups is 2. The van der Waals surface area contributed by atoms with E-state index in [0.29, 0.717) is 5.75 Å². The molecule has 1 N–H and O–H groups in total. The van der Waals surface area contributed by atoms with E-state index in [1.54, 1.807) is 24.3 Å². The predicted molar refractivity (Wildman–Crippen MR) is 86.4 cm³/mol. The minimum Gasteiger partial charge on any atom is -0.491 e. The van der Waals surface area contributed by atoms with Gasteiger partial charge in [-0.25, -0.2) is 0 Å². The van der Waals surface area contributed by atoms with Crippen molar-refractivity contribution in [1.29, 1.82) is 0 Å². The van der Waals surface area contributed by atoms with Crippen LogP contribution in [-0.4, -0.2) is 46.0 Å². The van der Waals surface area contributed by atoms with Crippen molar-refractivity contribution in [2.75, 3.05) is 13.2 Å². The summed E-state index contributed by atoms with van der Waals surface area (Å²) in [4.78, 5) is 35.6. The third-order valence-corrected chi connectivity index (χ3v) is 3.74. The molecule has 0 unspecified atom stereocenters. The highest BCUT2D eigenvalue weighted by Gasteiger charge is 2.37. The summed E-state index contributed by atoms with van der Waals surface area (Å²) < 4.78 is 5.39. The lowest BCUT2D eigenvalue weighted by atomic mass is 10.1. The van der Waals surface area contributed by atoms with Gasteiger partial charge in [0.15, 0.2) is 0 Å². The number of β-amino-alcohol motifs (C(OH)–C–C–N with tert-alkyl or cyclic N) is 1. The Kier molecular flexibility index (Phi) is 4.44. The number of nitrogens with zero attached hydrogens (tertiary/aromatic N) is 2. The molecule has 8 nitrogen and oxygen atoms in total. The van der Waals surface area contributed by atoms with Gasteiger partial charge in [0.2, 0.25) is 0 Å². The van der Waals surface area contributed by atoms with Gasteiger partial charge >= 0.3 is 0 Å². The third kappa shape index (κ3) is 3.33. The van der Waals surface area contributed by atoms with Crippen molar-refractivity contribution in [2.24, 2.45) is 0 Å². The van der Waals surface area contributed by atoms with Crippen molar-refractivity contribution in [3.63, 3.8) is 0 Å². The van der Waals surface area contributed by atoms with E-state index in [1.807, 2.05) is 6.07 Å². The molecule has 0 fully saturated rings. The third-order valence-electron chi connectivity index (χ3n) is 3.74. The second-order valence-corrected chi connectivity index (χ2v) is 5.49. The van der Waals surface area contributed by atoms with E-state index >= 15 is 0 Å². The van der Waals surface area contributed by atoms with Crippen LogP contribution in [0.3, 0.4) is 0 Å². The minimum absolute atomic E-state index is 0.0321. The molecule has 1 aliphatic rings. The number of benzene rings is 2. The van der Waals surface area contributed by atoms with Crippen LogP contribution in [-0.2, 0) is 0 Å². The van der Waals surface area contributed by atoms with E-state index < -0.39 is 22.8 Å². The number of ether oxygens (including phenoxy) is 1. The molecule has 2 aromatic carbocycles. The monoisotopic (exact) mass is 342 g/mol. The molecular weight excluding hydrogens is 328 g/mol. The maximum absolute atomic E-state index is 12.3. The molecule has 1 atom stereocenters. The SMILES string of the molecule is O=C1c2ccc([N+](=O)[O-])cc2C(=O)N1C[C@@H](O)COc1ccccc1.